The highest BCUT2D eigenvalue weighted by atomic mass is 16.5. The third-order valence-corrected chi connectivity index (χ3v) is 12.7. The summed E-state index contributed by atoms with van der Waals surface area (Å²) >= 11 is 0. The fourth-order valence-electron chi connectivity index (χ4n) is 8.45. The first kappa shape index (κ1) is 60.3. The molecule has 0 saturated carbocycles. The number of ether oxygens (including phenoxy) is 1. The molecule has 0 aromatic rings. The molecule has 6 nitrogen and oxygen atoms in total. The monoisotopic (exact) mass is 874 g/mol. The normalized spacial score (nSPS) is 12.8. The highest BCUT2D eigenvalue weighted by molar-refractivity contribution is 5.76. The third kappa shape index (κ3) is 47.8. The molecule has 62 heavy (non-hydrogen) atoms. The number of unbranched alkanes of at least 4 members (excludes halogenated alkanes) is 36. The SMILES string of the molecule is CCCCCCCCC/C=C\CCCCCCCC(=O)OCCCCCCCC/C=C\CCCCCCCCCC(=O)NC(CO)C(O)CCCCCCCCCCCCCC. The smallest absolute Gasteiger partial charge is 0.305 e. The van der Waals surface area contributed by atoms with Gasteiger partial charge in [-0.05, 0) is 77.0 Å². The molecule has 0 fully saturated rings. The molecule has 0 rings (SSSR count). The Labute approximate surface area is 386 Å². The van der Waals surface area contributed by atoms with Crippen LogP contribution in [0.5, 0.6) is 0 Å². The van der Waals surface area contributed by atoms with Gasteiger partial charge >= 0.3 is 5.97 Å². The summed E-state index contributed by atoms with van der Waals surface area (Å²) in [6.07, 6.45) is 61.6. The van der Waals surface area contributed by atoms with Crippen molar-refractivity contribution in [2.75, 3.05) is 13.2 Å². The van der Waals surface area contributed by atoms with E-state index in [0.29, 0.717) is 25.9 Å². The average Bonchev–Trinajstić information content (AvgIpc) is 3.27. The first-order valence-electron chi connectivity index (χ1n) is 27.6. The number of carbonyl (C=O) groups excluding carboxylic acids is 2. The summed E-state index contributed by atoms with van der Waals surface area (Å²) in [5.41, 5.74) is 0. The molecule has 0 heterocycles. The highest BCUT2D eigenvalue weighted by Gasteiger charge is 2.20. The maximum absolute atomic E-state index is 12.4. The van der Waals surface area contributed by atoms with Gasteiger partial charge in [0.25, 0.3) is 0 Å². The third-order valence-electron chi connectivity index (χ3n) is 12.7. The quantitative estimate of drug-likeness (QED) is 0.0321. The van der Waals surface area contributed by atoms with Crippen molar-refractivity contribution in [1.82, 2.24) is 5.32 Å². The number of carbonyl (C=O) groups is 2. The van der Waals surface area contributed by atoms with E-state index < -0.39 is 12.1 Å². The molecule has 0 bridgehead atoms. The Balaban J connectivity index is 3.44. The van der Waals surface area contributed by atoms with E-state index in [1.165, 1.54) is 205 Å². The average molecular weight is 874 g/mol. The van der Waals surface area contributed by atoms with Crippen LogP contribution in [0.3, 0.4) is 0 Å². The van der Waals surface area contributed by atoms with Gasteiger partial charge in [0.2, 0.25) is 5.91 Å². The molecule has 1 amide bonds. The second-order valence-electron chi connectivity index (χ2n) is 18.9. The zero-order valence-corrected chi connectivity index (χ0v) is 41.6. The Morgan fingerprint density at radius 1 is 0.435 bits per heavy atom. The maximum Gasteiger partial charge on any atom is 0.305 e. The van der Waals surface area contributed by atoms with Crippen molar-refractivity contribution in [3.63, 3.8) is 0 Å². The van der Waals surface area contributed by atoms with E-state index in [-0.39, 0.29) is 18.5 Å². The van der Waals surface area contributed by atoms with Crippen LogP contribution in [0.1, 0.15) is 296 Å². The number of allylic oxidation sites excluding steroid dienone is 4. The summed E-state index contributed by atoms with van der Waals surface area (Å²) < 4.78 is 5.47. The van der Waals surface area contributed by atoms with Crippen molar-refractivity contribution in [3.8, 4) is 0 Å². The van der Waals surface area contributed by atoms with Gasteiger partial charge in [-0.25, -0.2) is 0 Å². The van der Waals surface area contributed by atoms with Gasteiger partial charge in [0.15, 0.2) is 0 Å². The molecule has 0 aliphatic carbocycles. The minimum absolute atomic E-state index is 0.00926. The molecule has 0 aliphatic rings. The van der Waals surface area contributed by atoms with Crippen molar-refractivity contribution in [2.24, 2.45) is 0 Å². The zero-order valence-electron chi connectivity index (χ0n) is 41.6. The summed E-state index contributed by atoms with van der Waals surface area (Å²) in [6.45, 7) is 4.92. The van der Waals surface area contributed by atoms with E-state index >= 15 is 0 Å². The zero-order chi connectivity index (χ0) is 45.1. The Hall–Kier alpha value is -1.66. The summed E-state index contributed by atoms with van der Waals surface area (Å²) in [6, 6.07) is -0.549. The lowest BCUT2D eigenvalue weighted by atomic mass is 10.0. The molecule has 2 unspecified atom stereocenters. The Kier molecular flexibility index (Phi) is 50.6. The van der Waals surface area contributed by atoms with Crippen LogP contribution in [-0.2, 0) is 14.3 Å². The Morgan fingerprint density at radius 2 is 0.758 bits per heavy atom. The molecule has 0 aliphatic heterocycles. The highest BCUT2D eigenvalue weighted by Crippen LogP contribution is 2.16. The molecule has 0 saturated heterocycles. The molecule has 0 spiro atoms. The molecule has 0 aromatic heterocycles. The van der Waals surface area contributed by atoms with E-state index in [1.54, 1.807) is 0 Å². The van der Waals surface area contributed by atoms with E-state index in [0.717, 1.165) is 57.8 Å². The van der Waals surface area contributed by atoms with E-state index in [1.807, 2.05) is 0 Å². The molecular weight excluding hydrogens is 767 g/mol. The van der Waals surface area contributed by atoms with Crippen molar-refractivity contribution >= 4 is 11.9 Å². The van der Waals surface area contributed by atoms with Crippen LogP contribution in [0.2, 0.25) is 0 Å². The van der Waals surface area contributed by atoms with Crippen LogP contribution in [-0.4, -0.2) is 47.4 Å². The minimum Gasteiger partial charge on any atom is -0.466 e. The van der Waals surface area contributed by atoms with Crippen molar-refractivity contribution < 1.29 is 24.5 Å². The van der Waals surface area contributed by atoms with Gasteiger partial charge < -0.3 is 20.3 Å². The molecule has 0 aromatic carbocycles. The first-order valence-corrected chi connectivity index (χ1v) is 27.6. The minimum atomic E-state index is -0.671. The number of amides is 1. The van der Waals surface area contributed by atoms with E-state index in [9.17, 15) is 19.8 Å². The summed E-state index contributed by atoms with van der Waals surface area (Å²) in [5.74, 6) is -0.0569. The second-order valence-corrected chi connectivity index (χ2v) is 18.9. The molecule has 6 heteroatoms. The predicted octanol–water partition coefficient (Wildman–Crippen LogP) is 16.7. The number of nitrogens with one attached hydrogen (secondary N) is 1. The van der Waals surface area contributed by atoms with Gasteiger partial charge in [-0.15, -0.1) is 0 Å². The van der Waals surface area contributed by atoms with Crippen LogP contribution in [0, 0.1) is 0 Å². The van der Waals surface area contributed by atoms with Crippen LogP contribution < -0.4 is 5.32 Å². The van der Waals surface area contributed by atoms with Gasteiger partial charge in [0.05, 0.1) is 25.4 Å². The lowest BCUT2D eigenvalue weighted by molar-refractivity contribution is -0.143. The number of aliphatic hydroxyl groups excluding tert-OH is 2. The molecule has 3 N–H and O–H groups in total. The number of aliphatic hydroxyl groups is 2. The number of esters is 1. The van der Waals surface area contributed by atoms with E-state index in [2.05, 4.69) is 43.5 Å². The van der Waals surface area contributed by atoms with Gasteiger partial charge in [0.1, 0.15) is 0 Å². The standard InChI is InChI=1S/C56H107NO5/c1-3-5-7-9-11-13-15-17-18-23-26-30-34-38-42-46-50-56(61)62-51-47-43-39-35-31-27-24-21-19-20-22-25-29-33-37-41-45-49-55(60)57-53(52-58)54(59)48-44-40-36-32-28-16-14-12-10-8-6-4-2/h18-19,21,23,53-54,58-59H,3-17,20,22,24-52H2,1-2H3,(H,57,60)/b21-19-,23-18-. The van der Waals surface area contributed by atoms with E-state index in [4.69, 9.17) is 4.74 Å². The summed E-state index contributed by atoms with van der Waals surface area (Å²) in [7, 11) is 0. The maximum atomic E-state index is 12.4. The van der Waals surface area contributed by atoms with Gasteiger partial charge in [-0.2, -0.15) is 0 Å². The molecule has 0 radical (unpaired) electrons. The first-order chi connectivity index (χ1) is 30.5. The predicted molar refractivity (Wildman–Crippen MR) is 269 cm³/mol. The Bertz CT molecular complexity index is 966. The van der Waals surface area contributed by atoms with Gasteiger partial charge in [0, 0.05) is 12.8 Å². The molecule has 2 atom stereocenters. The van der Waals surface area contributed by atoms with Crippen molar-refractivity contribution in [3.05, 3.63) is 24.3 Å². The van der Waals surface area contributed by atoms with Crippen LogP contribution in [0.15, 0.2) is 24.3 Å². The Morgan fingerprint density at radius 3 is 1.15 bits per heavy atom. The largest absolute Gasteiger partial charge is 0.466 e. The molecular formula is C56H107NO5. The molecule has 366 valence electrons. The van der Waals surface area contributed by atoms with Crippen LogP contribution in [0.25, 0.3) is 0 Å². The number of hydrogen-bond donors (Lipinski definition) is 3. The van der Waals surface area contributed by atoms with Crippen LogP contribution in [0.4, 0.5) is 0 Å². The summed E-state index contributed by atoms with van der Waals surface area (Å²) in [4.78, 5) is 24.5. The van der Waals surface area contributed by atoms with Crippen molar-refractivity contribution in [1.29, 1.82) is 0 Å². The van der Waals surface area contributed by atoms with Crippen molar-refractivity contribution in [2.45, 2.75) is 309 Å². The summed E-state index contributed by atoms with van der Waals surface area (Å²) in [5, 5.41) is 23.2. The second kappa shape index (κ2) is 52.0. The number of hydrogen-bond acceptors (Lipinski definition) is 5. The lowest BCUT2D eigenvalue weighted by Crippen LogP contribution is -2.45. The van der Waals surface area contributed by atoms with Gasteiger partial charge in [-0.3, -0.25) is 9.59 Å². The fraction of sp³-hybridized carbons (Fsp3) is 0.893. The number of rotatable bonds is 51. The fourth-order valence-corrected chi connectivity index (χ4v) is 8.45. The van der Waals surface area contributed by atoms with Gasteiger partial charge in [-0.1, -0.05) is 231 Å². The topological polar surface area (TPSA) is 95.9 Å². The lowest BCUT2D eigenvalue weighted by Gasteiger charge is -2.22. The van der Waals surface area contributed by atoms with Crippen LogP contribution >= 0.6 is 0 Å².